The average Bonchev–Trinajstić information content (AvgIpc) is 2.49. The summed E-state index contributed by atoms with van der Waals surface area (Å²) in [4.78, 5) is 0. The van der Waals surface area contributed by atoms with Crippen LogP contribution in [0.3, 0.4) is 0 Å². The molecule has 10 heteroatoms. The molecule has 0 spiro atoms. The van der Waals surface area contributed by atoms with Crippen LogP contribution in [0.1, 0.15) is 19.8 Å². The Balaban J connectivity index is 0.00000225. The summed E-state index contributed by atoms with van der Waals surface area (Å²) in [6.07, 6.45) is 0.956. The summed E-state index contributed by atoms with van der Waals surface area (Å²) < 4.78 is 32.7. The molecule has 0 aromatic carbocycles. The Morgan fingerprint density at radius 2 is 2.31 bits per heavy atom. The van der Waals surface area contributed by atoms with Crippen LogP contribution in [0.15, 0.2) is 4.34 Å². The molecule has 1 N–H and O–H groups in total. The Hall–Kier alpha value is 1.04. The Morgan fingerprint density at radius 3 is 2.69 bits per heavy atom. The molecule has 0 aliphatic carbocycles. The van der Waals surface area contributed by atoms with Crippen LogP contribution in [0, 0.1) is 3.95 Å². The summed E-state index contributed by atoms with van der Waals surface area (Å²) in [6.45, 7) is 1.82. The second kappa shape index (κ2) is 7.47. The van der Waals surface area contributed by atoms with Crippen molar-refractivity contribution >= 4 is 45.4 Å². The van der Waals surface area contributed by atoms with E-state index in [1.807, 2.05) is 6.92 Å². The van der Waals surface area contributed by atoms with E-state index in [0.29, 0.717) is 21.1 Å². The number of hydrogen-bond donors (Lipinski definition) is 1. The van der Waals surface area contributed by atoms with Gasteiger partial charge in [-0.05, 0) is 18.6 Å². The number of nitrogens with zero attached hydrogens (tertiary/aromatic N) is 1. The third-order valence-corrected chi connectivity index (χ3v) is 5.59. The standard InChI is InChI=1S/C6H10N2O3S4.Na/c1-2-3-4(15(9,10)11)13-6-8-7-5(12)14-6;/h4H,2-3H2,1H3,(H,7,12)(H,9,10,11);/q;+1/p-1. The molecule has 1 unspecified atom stereocenters. The Labute approximate surface area is 129 Å². The van der Waals surface area contributed by atoms with Crippen LogP contribution in [0.5, 0.6) is 0 Å². The van der Waals surface area contributed by atoms with E-state index in [1.165, 1.54) is 11.3 Å². The molecule has 0 aliphatic heterocycles. The van der Waals surface area contributed by atoms with E-state index >= 15 is 0 Å². The van der Waals surface area contributed by atoms with Gasteiger partial charge in [-0.15, -0.1) is 0 Å². The normalized spacial score (nSPS) is 13.1. The van der Waals surface area contributed by atoms with Gasteiger partial charge in [0, 0.05) is 0 Å². The van der Waals surface area contributed by atoms with Crippen molar-refractivity contribution in [1.82, 2.24) is 10.2 Å². The monoisotopic (exact) mass is 308 g/mol. The summed E-state index contributed by atoms with van der Waals surface area (Å²) in [5, 5.41) is 6.33. The van der Waals surface area contributed by atoms with Gasteiger partial charge in [0.1, 0.15) is 14.7 Å². The van der Waals surface area contributed by atoms with Crippen LogP contribution < -0.4 is 29.6 Å². The molecule has 0 saturated heterocycles. The van der Waals surface area contributed by atoms with Crippen molar-refractivity contribution in [3.8, 4) is 0 Å². The van der Waals surface area contributed by atoms with Crippen molar-refractivity contribution in [2.75, 3.05) is 0 Å². The quantitative estimate of drug-likeness (QED) is 0.324. The summed E-state index contributed by atoms with van der Waals surface area (Å²) in [5.74, 6) is 0. The minimum atomic E-state index is -4.28. The molecular weight excluding hydrogens is 299 g/mol. The molecule has 1 aromatic rings. The van der Waals surface area contributed by atoms with E-state index in [2.05, 4.69) is 10.2 Å². The Morgan fingerprint density at radius 1 is 1.69 bits per heavy atom. The second-order valence-corrected chi connectivity index (χ2v) is 7.68. The summed E-state index contributed by atoms with van der Waals surface area (Å²) >= 11 is 6.92. The van der Waals surface area contributed by atoms with Gasteiger partial charge in [-0.2, -0.15) is 5.10 Å². The maximum Gasteiger partial charge on any atom is 1.00 e. The molecule has 1 heterocycles. The van der Waals surface area contributed by atoms with E-state index in [1.54, 1.807) is 0 Å². The van der Waals surface area contributed by atoms with Crippen LogP contribution in [-0.2, 0) is 10.1 Å². The number of H-pyrrole nitrogens is 1. The maximum atomic E-state index is 10.9. The van der Waals surface area contributed by atoms with Crippen LogP contribution in [0.25, 0.3) is 0 Å². The fraction of sp³-hybridized carbons (Fsp3) is 0.667. The molecule has 0 amide bonds. The SMILES string of the molecule is CCCC(Sc1n[nH]c(=S)s1)S(=O)(=O)[O-].[Na+]. The smallest absolute Gasteiger partial charge is 0.747 e. The molecule has 0 bridgehead atoms. The third-order valence-electron chi connectivity index (χ3n) is 1.50. The van der Waals surface area contributed by atoms with Gasteiger partial charge < -0.3 is 4.55 Å². The van der Waals surface area contributed by atoms with Crippen LogP contribution in [-0.4, -0.2) is 27.7 Å². The molecule has 1 rings (SSSR count). The van der Waals surface area contributed by atoms with Crippen molar-refractivity contribution in [2.45, 2.75) is 28.7 Å². The van der Waals surface area contributed by atoms with Crippen molar-refractivity contribution in [3.05, 3.63) is 3.95 Å². The number of hydrogen-bond acceptors (Lipinski definition) is 7. The summed E-state index contributed by atoms with van der Waals surface area (Å²) in [6, 6.07) is 0. The zero-order valence-electron chi connectivity index (χ0n) is 8.80. The number of thioether (sulfide) groups is 1. The Bertz CT molecular complexity index is 468. The van der Waals surface area contributed by atoms with Gasteiger partial charge in [-0.3, -0.25) is 5.10 Å². The molecule has 1 atom stereocenters. The van der Waals surface area contributed by atoms with Gasteiger partial charge in [-0.25, -0.2) is 8.42 Å². The van der Waals surface area contributed by atoms with Crippen molar-refractivity contribution in [2.24, 2.45) is 0 Å². The molecular formula is C6H9N2NaO3S4. The average molecular weight is 308 g/mol. The predicted molar refractivity (Wildman–Crippen MR) is 61.5 cm³/mol. The van der Waals surface area contributed by atoms with E-state index < -0.39 is 14.7 Å². The van der Waals surface area contributed by atoms with E-state index in [0.717, 1.165) is 11.8 Å². The second-order valence-electron chi connectivity index (χ2n) is 2.71. The minimum Gasteiger partial charge on any atom is -0.747 e. The molecule has 0 fully saturated rings. The molecule has 0 radical (unpaired) electrons. The number of aromatic amines is 1. The first-order chi connectivity index (χ1) is 6.93. The molecule has 0 saturated carbocycles. The summed E-state index contributed by atoms with van der Waals surface area (Å²) in [7, 11) is -4.28. The first-order valence-electron chi connectivity index (χ1n) is 4.10. The molecule has 1 aromatic heterocycles. The zero-order valence-corrected chi connectivity index (χ0v) is 14.1. The molecule has 5 nitrogen and oxygen atoms in total. The van der Waals surface area contributed by atoms with Gasteiger partial charge in [0.05, 0.1) is 0 Å². The minimum absolute atomic E-state index is 0. The largest absolute Gasteiger partial charge is 1.00 e. The molecule has 0 aliphatic rings. The maximum absolute atomic E-state index is 10.9. The van der Waals surface area contributed by atoms with Gasteiger partial charge >= 0.3 is 29.6 Å². The summed E-state index contributed by atoms with van der Waals surface area (Å²) in [5.41, 5.74) is 0. The van der Waals surface area contributed by atoms with Gasteiger partial charge in [0.25, 0.3) is 0 Å². The zero-order chi connectivity index (χ0) is 11.5. The van der Waals surface area contributed by atoms with Gasteiger partial charge in [-0.1, -0.05) is 36.4 Å². The molecule has 16 heavy (non-hydrogen) atoms. The first-order valence-corrected chi connectivity index (χ1v) is 7.68. The van der Waals surface area contributed by atoms with Crippen molar-refractivity contribution in [1.29, 1.82) is 0 Å². The predicted octanol–water partition coefficient (Wildman–Crippen LogP) is -1.03. The van der Waals surface area contributed by atoms with Crippen molar-refractivity contribution in [3.63, 3.8) is 0 Å². The van der Waals surface area contributed by atoms with Gasteiger partial charge in [0.15, 0.2) is 8.29 Å². The van der Waals surface area contributed by atoms with Crippen LogP contribution in [0.4, 0.5) is 0 Å². The van der Waals surface area contributed by atoms with Crippen LogP contribution in [0.2, 0.25) is 0 Å². The van der Waals surface area contributed by atoms with Crippen molar-refractivity contribution < 1.29 is 42.5 Å². The van der Waals surface area contributed by atoms with E-state index in [-0.39, 0.29) is 29.6 Å². The Kier molecular flexibility index (Phi) is 7.95. The third kappa shape index (κ3) is 5.58. The van der Waals surface area contributed by atoms with E-state index in [9.17, 15) is 13.0 Å². The fourth-order valence-electron chi connectivity index (χ4n) is 0.877. The number of rotatable bonds is 5. The van der Waals surface area contributed by atoms with Crippen LogP contribution >= 0.6 is 35.3 Å². The number of nitrogens with one attached hydrogen (secondary N) is 1. The van der Waals surface area contributed by atoms with Gasteiger partial charge in [0.2, 0.25) is 0 Å². The number of aromatic nitrogens is 2. The first kappa shape index (κ1) is 17.0. The van der Waals surface area contributed by atoms with E-state index in [4.69, 9.17) is 12.2 Å². The molecule has 86 valence electrons. The fourth-order valence-corrected chi connectivity index (χ4v) is 4.58. The topological polar surface area (TPSA) is 85.9 Å².